The molecule has 0 bridgehead atoms. The van der Waals surface area contributed by atoms with Crippen LogP contribution >= 0.6 is 23.2 Å². The summed E-state index contributed by atoms with van der Waals surface area (Å²) in [5, 5.41) is 0.646. The monoisotopic (exact) mass is 432 g/mol. The van der Waals surface area contributed by atoms with Crippen LogP contribution in [0.4, 0.5) is 5.82 Å². The fourth-order valence-corrected chi connectivity index (χ4v) is 4.93. The molecule has 152 valence electrons. The molecule has 3 aliphatic heterocycles. The van der Waals surface area contributed by atoms with Crippen LogP contribution < -0.4 is 10.6 Å². The number of ether oxygens (including phenoxy) is 1. The first kappa shape index (κ1) is 19.2. The first-order chi connectivity index (χ1) is 14.0. The molecule has 0 aliphatic carbocycles. The Morgan fingerprint density at radius 3 is 2.76 bits per heavy atom. The number of aliphatic imine (C=N–C) groups is 1. The van der Waals surface area contributed by atoms with Crippen LogP contribution in [-0.4, -0.2) is 52.5 Å². The average Bonchev–Trinajstić information content (AvgIpc) is 3.27. The summed E-state index contributed by atoms with van der Waals surface area (Å²) in [6.45, 7) is 5.10. The largest absolute Gasteiger partial charge is 0.376 e. The van der Waals surface area contributed by atoms with Gasteiger partial charge in [0.05, 0.1) is 41.9 Å². The van der Waals surface area contributed by atoms with Crippen LogP contribution in [0.3, 0.4) is 0 Å². The molecule has 9 heteroatoms. The molecule has 2 fully saturated rings. The fraction of sp³-hybridized carbons (Fsp3) is 0.500. The van der Waals surface area contributed by atoms with Gasteiger partial charge in [-0.2, -0.15) is 0 Å². The van der Waals surface area contributed by atoms with Crippen LogP contribution in [0.1, 0.15) is 36.7 Å². The number of fused-ring (bicyclic) bond motifs is 1. The van der Waals surface area contributed by atoms with E-state index >= 15 is 0 Å². The minimum absolute atomic E-state index is 0.0910. The number of aromatic nitrogens is 3. The second-order valence-electron chi connectivity index (χ2n) is 8.04. The molecule has 3 aliphatic rings. The van der Waals surface area contributed by atoms with Crippen molar-refractivity contribution in [2.45, 2.75) is 38.5 Å². The molecule has 5 heterocycles. The number of piperidine rings is 1. The number of halogens is 2. The van der Waals surface area contributed by atoms with Crippen molar-refractivity contribution in [3.63, 3.8) is 0 Å². The van der Waals surface area contributed by atoms with Crippen molar-refractivity contribution in [3.05, 3.63) is 45.6 Å². The number of anilines is 1. The number of hydrogen-bond acceptors (Lipinski definition) is 7. The third-order valence-corrected chi connectivity index (χ3v) is 7.24. The summed E-state index contributed by atoms with van der Waals surface area (Å²) in [5.41, 5.74) is 9.58. The first-order valence-corrected chi connectivity index (χ1v) is 10.6. The summed E-state index contributed by atoms with van der Waals surface area (Å²) in [7, 11) is 0. The Labute approximate surface area is 179 Å². The normalized spacial score (nSPS) is 25.4. The quantitative estimate of drug-likeness (QED) is 0.733. The number of pyridine rings is 1. The molecule has 2 saturated heterocycles. The molecular formula is C20H22Cl2N6O. The predicted molar refractivity (Wildman–Crippen MR) is 113 cm³/mol. The van der Waals surface area contributed by atoms with Gasteiger partial charge in [0.1, 0.15) is 16.7 Å². The van der Waals surface area contributed by atoms with Crippen molar-refractivity contribution in [1.82, 2.24) is 15.0 Å². The number of nitrogens with two attached hydrogens (primary N) is 1. The van der Waals surface area contributed by atoms with E-state index in [1.54, 1.807) is 12.3 Å². The van der Waals surface area contributed by atoms with Crippen molar-refractivity contribution in [1.29, 1.82) is 0 Å². The fourth-order valence-electron chi connectivity index (χ4n) is 4.57. The second kappa shape index (κ2) is 7.16. The lowest BCUT2D eigenvalue weighted by Gasteiger charge is -2.41. The van der Waals surface area contributed by atoms with Crippen molar-refractivity contribution in [2.75, 3.05) is 24.6 Å². The highest BCUT2D eigenvalue weighted by atomic mass is 35.5. The highest BCUT2D eigenvalue weighted by Crippen LogP contribution is 2.41. The summed E-state index contributed by atoms with van der Waals surface area (Å²) >= 11 is 12.4. The number of hydrogen-bond donors (Lipinski definition) is 1. The molecular weight excluding hydrogens is 411 g/mol. The van der Waals surface area contributed by atoms with Gasteiger partial charge < -0.3 is 15.4 Å². The van der Waals surface area contributed by atoms with E-state index in [4.69, 9.17) is 38.7 Å². The molecule has 29 heavy (non-hydrogen) atoms. The lowest BCUT2D eigenvalue weighted by atomic mass is 9.73. The summed E-state index contributed by atoms with van der Waals surface area (Å²) < 4.78 is 5.82. The third kappa shape index (κ3) is 3.11. The molecule has 1 spiro atoms. The molecule has 2 aromatic rings. The van der Waals surface area contributed by atoms with Gasteiger partial charge in [0.2, 0.25) is 0 Å². The zero-order valence-corrected chi connectivity index (χ0v) is 17.6. The number of nitrogens with zero attached hydrogens (tertiary/aromatic N) is 5. The molecule has 2 atom stereocenters. The van der Waals surface area contributed by atoms with Crippen LogP contribution in [-0.2, 0) is 11.3 Å². The van der Waals surface area contributed by atoms with Crippen LogP contribution in [0, 0.1) is 5.41 Å². The molecule has 0 radical (unpaired) electrons. The molecule has 0 saturated carbocycles. The minimum Gasteiger partial charge on any atom is -0.376 e. The van der Waals surface area contributed by atoms with E-state index < -0.39 is 0 Å². The Morgan fingerprint density at radius 2 is 2.03 bits per heavy atom. The predicted octanol–water partition coefficient (Wildman–Crippen LogP) is 2.86. The highest BCUT2D eigenvalue weighted by Gasteiger charge is 2.47. The zero-order valence-electron chi connectivity index (χ0n) is 16.1. The minimum atomic E-state index is 0.0910. The van der Waals surface area contributed by atoms with Gasteiger partial charge in [-0.25, -0.2) is 15.0 Å². The lowest BCUT2D eigenvalue weighted by Crippen LogP contribution is -2.50. The van der Waals surface area contributed by atoms with Gasteiger partial charge >= 0.3 is 0 Å². The Kier molecular flexibility index (Phi) is 4.74. The van der Waals surface area contributed by atoms with Crippen molar-refractivity contribution in [2.24, 2.45) is 16.1 Å². The SMILES string of the molecule is C[C@@H]1OCC2(CCN(c3cnc4c(n3)CN=C4c3ccnc(Cl)c3Cl)CC2)[C@@H]1N. The Morgan fingerprint density at radius 1 is 1.24 bits per heavy atom. The Balaban J connectivity index is 1.35. The van der Waals surface area contributed by atoms with E-state index in [2.05, 4.69) is 26.8 Å². The van der Waals surface area contributed by atoms with Gasteiger partial charge in [0, 0.05) is 36.3 Å². The van der Waals surface area contributed by atoms with Crippen LogP contribution in [0.15, 0.2) is 23.5 Å². The molecule has 5 rings (SSSR count). The van der Waals surface area contributed by atoms with E-state index in [1.807, 2.05) is 6.20 Å². The van der Waals surface area contributed by atoms with Crippen molar-refractivity contribution >= 4 is 34.7 Å². The standard InChI is InChI=1S/C20H22Cl2N6O/c1-11-18(23)20(10-29-11)3-6-28(7-4-20)14-9-26-17-13(27-14)8-25-16(17)12-2-5-24-19(22)15(12)21/h2,5,9,11,18H,3-4,6-8,10,23H2,1H3/t11-,18+/m0/s1. The average molecular weight is 433 g/mol. The molecule has 0 amide bonds. The van der Waals surface area contributed by atoms with Gasteiger partial charge in [-0.3, -0.25) is 4.99 Å². The van der Waals surface area contributed by atoms with Crippen molar-refractivity contribution in [3.8, 4) is 0 Å². The summed E-state index contributed by atoms with van der Waals surface area (Å²) in [4.78, 5) is 20.4. The maximum absolute atomic E-state index is 6.43. The van der Waals surface area contributed by atoms with Gasteiger partial charge in [0.25, 0.3) is 0 Å². The molecule has 0 aromatic carbocycles. The Bertz CT molecular complexity index is 989. The van der Waals surface area contributed by atoms with Gasteiger partial charge in [0.15, 0.2) is 0 Å². The van der Waals surface area contributed by atoms with E-state index in [0.717, 1.165) is 55.3 Å². The van der Waals surface area contributed by atoms with E-state index in [0.29, 0.717) is 17.3 Å². The molecule has 7 nitrogen and oxygen atoms in total. The van der Waals surface area contributed by atoms with Crippen LogP contribution in [0.2, 0.25) is 10.2 Å². The van der Waals surface area contributed by atoms with Crippen LogP contribution in [0.5, 0.6) is 0 Å². The highest BCUT2D eigenvalue weighted by molar-refractivity contribution is 6.43. The van der Waals surface area contributed by atoms with E-state index in [-0.39, 0.29) is 22.7 Å². The molecule has 2 aromatic heterocycles. The van der Waals surface area contributed by atoms with E-state index in [9.17, 15) is 0 Å². The zero-order chi connectivity index (χ0) is 20.2. The van der Waals surface area contributed by atoms with Crippen LogP contribution in [0.25, 0.3) is 0 Å². The third-order valence-electron chi connectivity index (χ3n) is 6.47. The van der Waals surface area contributed by atoms with Gasteiger partial charge in [-0.1, -0.05) is 23.2 Å². The maximum atomic E-state index is 6.43. The topological polar surface area (TPSA) is 89.5 Å². The molecule has 2 N–H and O–H groups in total. The van der Waals surface area contributed by atoms with Gasteiger partial charge in [-0.05, 0) is 25.8 Å². The summed E-state index contributed by atoms with van der Waals surface area (Å²) in [5.74, 6) is 0.884. The smallest absolute Gasteiger partial charge is 0.148 e. The Hall–Kier alpha value is -1.80. The van der Waals surface area contributed by atoms with Gasteiger partial charge in [-0.15, -0.1) is 0 Å². The second-order valence-corrected chi connectivity index (χ2v) is 8.78. The number of rotatable bonds is 2. The molecule has 0 unspecified atom stereocenters. The summed E-state index contributed by atoms with van der Waals surface area (Å²) in [6.07, 6.45) is 5.58. The summed E-state index contributed by atoms with van der Waals surface area (Å²) in [6, 6.07) is 1.90. The van der Waals surface area contributed by atoms with Crippen molar-refractivity contribution < 1.29 is 4.74 Å². The maximum Gasteiger partial charge on any atom is 0.148 e. The lowest BCUT2D eigenvalue weighted by molar-refractivity contribution is 0.0974. The van der Waals surface area contributed by atoms with E-state index in [1.165, 1.54) is 0 Å². The first-order valence-electron chi connectivity index (χ1n) is 9.82.